The average Bonchev–Trinajstić information content (AvgIpc) is 3.08. The van der Waals surface area contributed by atoms with Crippen molar-refractivity contribution in [3.63, 3.8) is 0 Å². The SMILES string of the molecule is CCOC(=O)c1cn(CCN2CCCC2)c2cnc(Br)cc2c1=O. The second-order valence-electron chi connectivity index (χ2n) is 5.86. The molecule has 1 saturated heterocycles. The predicted molar refractivity (Wildman–Crippen MR) is 95.3 cm³/mol. The molecule has 3 rings (SSSR count). The lowest BCUT2D eigenvalue weighted by molar-refractivity contribution is 0.0524. The Hall–Kier alpha value is -1.73. The van der Waals surface area contributed by atoms with E-state index in [-0.39, 0.29) is 17.6 Å². The molecule has 0 amide bonds. The lowest BCUT2D eigenvalue weighted by Crippen LogP contribution is -2.26. The average molecular weight is 394 g/mol. The molecule has 0 aromatic carbocycles. The number of pyridine rings is 2. The van der Waals surface area contributed by atoms with Crippen LogP contribution in [-0.4, -0.2) is 46.7 Å². The summed E-state index contributed by atoms with van der Waals surface area (Å²) < 4.78 is 7.53. The quantitative estimate of drug-likeness (QED) is 0.576. The van der Waals surface area contributed by atoms with Crippen molar-refractivity contribution >= 4 is 32.8 Å². The van der Waals surface area contributed by atoms with Crippen molar-refractivity contribution in [1.82, 2.24) is 14.5 Å². The first-order chi connectivity index (χ1) is 11.6. The molecule has 0 radical (unpaired) electrons. The van der Waals surface area contributed by atoms with Gasteiger partial charge in [0, 0.05) is 19.3 Å². The molecule has 0 N–H and O–H groups in total. The Morgan fingerprint density at radius 3 is 2.79 bits per heavy atom. The number of hydrogen-bond donors (Lipinski definition) is 0. The van der Waals surface area contributed by atoms with Gasteiger partial charge in [-0.05, 0) is 54.9 Å². The number of rotatable bonds is 5. The largest absolute Gasteiger partial charge is 0.462 e. The number of aromatic nitrogens is 2. The highest BCUT2D eigenvalue weighted by Gasteiger charge is 2.18. The zero-order chi connectivity index (χ0) is 17.1. The maximum Gasteiger partial charge on any atom is 0.343 e. The van der Waals surface area contributed by atoms with Gasteiger partial charge in [-0.15, -0.1) is 0 Å². The van der Waals surface area contributed by atoms with Crippen LogP contribution < -0.4 is 5.43 Å². The third kappa shape index (κ3) is 3.52. The van der Waals surface area contributed by atoms with Crippen LogP contribution in [-0.2, 0) is 11.3 Å². The number of halogens is 1. The van der Waals surface area contributed by atoms with Crippen LogP contribution in [0.3, 0.4) is 0 Å². The number of fused-ring (bicyclic) bond motifs is 1. The summed E-state index contributed by atoms with van der Waals surface area (Å²) in [6, 6.07) is 1.66. The molecule has 0 bridgehead atoms. The van der Waals surface area contributed by atoms with Gasteiger partial charge in [0.2, 0.25) is 5.43 Å². The lowest BCUT2D eigenvalue weighted by Gasteiger charge is -2.18. The van der Waals surface area contributed by atoms with Crippen LogP contribution in [0.15, 0.2) is 27.9 Å². The van der Waals surface area contributed by atoms with Gasteiger partial charge in [0.05, 0.1) is 23.7 Å². The molecular formula is C17H20BrN3O3. The minimum Gasteiger partial charge on any atom is -0.462 e. The van der Waals surface area contributed by atoms with Crippen molar-refractivity contribution in [3.05, 3.63) is 38.9 Å². The Bertz CT molecular complexity index is 813. The van der Waals surface area contributed by atoms with Crippen LogP contribution >= 0.6 is 15.9 Å². The topological polar surface area (TPSA) is 64.4 Å². The maximum absolute atomic E-state index is 12.6. The Kier molecular flexibility index (Phi) is 5.30. The first-order valence-electron chi connectivity index (χ1n) is 8.18. The number of esters is 1. The summed E-state index contributed by atoms with van der Waals surface area (Å²) in [6.45, 7) is 5.76. The zero-order valence-corrected chi connectivity index (χ0v) is 15.2. The molecule has 128 valence electrons. The van der Waals surface area contributed by atoms with Gasteiger partial charge >= 0.3 is 5.97 Å². The Morgan fingerprint density at radius 2 is 2.08 bits per heavy atom. The molecule has 1 fully saturated rings. The first-order valence-corrected chi connectivity index (χ1v) is 8.97. The van der Waals surface area contributed by atoms with Gasteiger partial charge in [-0.1, -0.05) is 0 Å². The minimum absolute atomic E-state index is 0.0730. The van der Waals surface area contributed by atoms with Crippen LogP contribution in [0.4, 0.5) is 0 Å². The number of carbonyl (C=O) groups excluding carboxylic acids is 1. The first kappa shape index (κ1) is 17.1. The molecule has 2 aromatic rings. The summed E-state index contributed by atoms with van der Waals surface area (Å²) in [7, 11) is 0. The van der Waals surface area contributed by atoms with E-state index in [9.17, 15) is 9.59 Å². The minimum atomic E-state index is -0.577. The van der Waals surface area contributed by atoms with Gasteiger partial charge in [-0.25, -0.2) is 9.78 Å². The summed E-state index contributed by atoms with van der Waals surface area (Å²) in [5, 5.41) is 0.476. The van der Waals surface area contributed by atoms with Crippen molar-refractivity contribution in [2.24, 2.45) is 0 Å². The van der Waals surface area contributed by atoms with Crippen LogP contribution in [0, 0.1) is 0 Å². The molecule has 3 heterocycles. The third-order valence-electron chi connectivity index (χ3n) is 4.28. The lowest BCUT2D eigenvalue weighted by atomic mass is 10.1. The van der Waals surface area contributed by atoms with E-state index in [0.29, 0.717) is 16.5 Å². The molecule has 2 aromatic heterocycles. The fraction of sp³-hybridized carbons (Fsp3) is 0.471. The van der Waals surface area contributed by atoms with E-state index in [1.54, 1.807) is 25.4 Å². The Morgan fingerprint density at radius 1 is 1.33 bits per heavy atom. The predicted octanol–water partition coefficient (Wildman–Crippen LogP) is 2.43. The standard InChI is InChI=1S/C17H20BrN3O3/c1-2-24-17(23)13-11-21(8-7-20-5-3-4-6-20)14-10-19-15(18)9-12(14)16(13)22/h9-11H,2-8H2,1H3. The van der Waals surface area contributed by atoms with Gasteiger partial charge in [0.25, 0.3) is 0 Å². The van der Waals surface area contributed by atoms with Gasteiger partial charge in [-0.3, -0.25) is 4.79 Å². The molecule has 0 spiro atoms. The molecule has 0 aliphatic carbocycles. The molecule has 1 aliphatic rings. The van der Waals surface area contributed by atoms with Gasteiger partial charge in [0.1, 0.15) is 10.2 Å². The summed E-state index contributed by atoms with van der Waals surface area (Å²) in [5.74, 6) is -0.577. The van der Waals surface area contributed by atoms with Crippen LogP contribution in [0.25, 0.3) is 10.9 Å². The highest BCUT2D eigenvalue weighted by atomic mass is 79.9. The maximum atomic E-state index is 12.6. The van der Waals surface area contributed by atoms with E-state index in [2.05, 4.69) is 25.8 Å². The third-order valence-corrected chi connectivity index (χ3v) is 4.72. The van der Waals surface area contributed by atoms with Crippen molar-refractivity contribution < 1.29 is 9.53 Å². The second-order valence-corrected chi connectivity index (χ2v) is 6.67. The molecule has 1 aliphatic heterocycles. The van der Waals surface area contributed by atoms with E-state index < -0.39 is 5.97 Å². The number of nitrogens with zero attached hydrogens (tertiary/aromatic N) is 3. The summed E-state index contributed by atoms with van der Waals surface area (Å²) in [4.78, 5) is 31.4. The van der Waals surface area contributed by atoms with Crippen LogP contribution in [0.1, 0.15) is 30.1 Å². The van der Waals surface area contributed by atoms with Gasteiger partial charge in [0.15, 0.2) is 0 Å². The van der Waals surface area contributed by atoms with Crippen LogP contribution in [0.5, 0.6) is 0 Å². The van der Waals surface area contributed by atoms with E-state index in [0.717, 1.165) is 25.2 Å². The normalized spacial score (nSPS) is 15.1. The van der Waals surface area contributed by atoms with Gasteiger partial charge in [-0.2, -0.15) is 0 Å². The van der Waals surface area contributed by atoms with Crippen molar-refractivity contribution in [1.29, 1.82) is 0 Å². The van der Waals surface area contributed by atoms with E-state index in [1.165, 1.54) is 12.8 Å². The Balaban J connectivity index is 2.03. The molecule has 6 nitrogen and oxygen atoms in total. The summed E-state index contributed by atoms with van der Waals surface area (Å²) >= 11 is 3.29. The Labute approximate surface area is 148 Å². The number of carbonyl (C=O) groups is 1. The smallest absolute Gasteiger partial charge is 0.343 e. The van der Waals surface area contributed by atoms with Crippen LogP contribution in [0.2, 0.25) is 0 Å². The number of hydrogen-bond acceptors (Lipinski definition) is 5. The molecule has 0 unspecified atom stereocenters. The van der Waals surface area contributed by atoms with Crippen molar-refractivity contribution in [2.75, 3.05) is 26.2 Å². The molecule has 0 atom stereocenters. The summed E-state index contributed by atoms with van der Waals surface area (Å²) in [6.07, 6.45) is 5.73. The van der Waals surface area contributed by atoms with E-state index in [4.69, 9.17) is 4.74 Å². The van der Waals surface area contributed by atoms with E-state index >= 15 is 0 Å². The molecule has 24 heavy (non-hydrogen) atoms. The fourth-order valence-corrected chi connectivity index (χ4v) is 3.39. The zero-order valence-electron chi connectivity index (χ0n) is 13.6. The second kappa shape index (κ2) is 7.44. The fourth-order valence-electron chi connectivity index (χ4n) is 3.06. The van der Waals surface area contributed by atoms with Crippen molar-refractivity contribution in [3.8, 4) is 0 Å². The highest BCUT2D eigenvalue weighted by molar-refractivity contribution is 9.10. The molecular weight excluding hydrogens is 374 g/mol. The number of likely N-dealkylation sites (tertiary alicyclic amines) is 1. The van der Waals surface area contributed by atoms with Crippen molar-refractivity contribution in [2.45, 2.75) is 26.3 Å². The monoisotopic (exact) mass is 393 g/mol. The summed E-state index contributed by atoms with van der Waals surface area (Å²) in [5.41, 5.74) is 0.489. The molecule has 7 heteroatoms. The highest BCUT2D eigenvalue weighted by Crippen LogP contribution is 2.17. The molecule has 0 saturated carbocycles. The number of ether oxygens (including phenoxy) is 1. The van der Waals surface area contributed by atoms with E-state index in [1.807, 2.05) is 4.57 Å². The van der Waals surface area contributed by atoms with Gasteiger partial charge < -0.3 is 14.2 Å².